The number of quaternary nitrogens is 1. The Balaban J connectivity index is 1.88. The maximum Gasteiger partial charge on any atom is 0.287 e. The van der Waals surface area contributed by atoms with Crippen LogP contribution in [0.3, 0.4) is 0 Å². The van der Waals surface area contributed by atoms with Gasteiger partial charge in [-0.25, -0.2) is 0 Å². The Labute approximate surface area is 174 Å². The number of anilines is 1. The van der Waals surface area contributed by atoms with Crippen LogP contribution in [0.4, 0.5) is 5.69 Å². The standard InChI is InChI=1S/C22H23ClN2O2S/c1-15-9-11-19(27-3)18(13-15)24-22(26)21(16-7-5-4-6-8-16)25(2)14-17-10-12-20(23)28-17/h4-13,21H,14H2,1-3H3,(H,24,26)/p+1/t21-/m1/s1. The highest BCUT2D eigenvalue weighted by Gasteiger charge is 2.30. The van der Waals surface area contributed by atoms with Crippen LogP contribution in [-0.4, -0.2) is 20.1 Å². The summed E-state index contributed by atoms with van der Waals surface area (Å²) in [4.78, 5) is 15.5. The van der Waals surface area contributed by atoms with E-state index in [4.69, 9.17) is 16.3 Å². The predicted octanol–water partition coefficient (Wildman–Crippen LogP) is 4.11. The molecule has 2 N–H and O–H groups in total. The third-order valence-electron chi connectivity index (χ3n) is 4.58. The largest absolute Gasteiger partial charge is 0.495 e. The highest BCUT2D eigenvalue weighted by molar-refractivity contribution is 7.16. The number of hydrogen-bond acceptors (Lipinski definition) is 3. The van der Waals surface area contributed by atoms with Crippen LogP contribution in [0.1, 0.15) is 22.0 Å². The van der Waals surface area contributed by atoms with E-state index in [-0.39, 0.29) is 11.9 Å². The van der Waals surface area contributed by atoms with E-state index in [0.29, 0.717) is 18.0 Å². The first-order valence-corrected chi connectivity index (χ1v) is 10.2. The third-order valence-corrected chi connectivity index (χ3v) is 5.81. The number of nitrogens with one attached hydrogen (secondary N) is 2. The zero-order chi connectivity index (χ0) is 20.1. The Hall–Kier alpha value is -2.34. The molecule has 3 aromatic rings. The summed E-state index contributed by atoms with van der Waals surface area (Å²) in [5, 5.41) is 3.07. The molecule has 4 nitrogen and oxygen atoms in total. The van der Waals surface area contributed by atoms with Crippen LogP contribution in [0.25, 0.3) is 0 Å². The van der Waals surface area contributed by atoms with Gasteiger partial charge in [0.2, 0.25) is 0 Å². The van der Waals surface area contributed by atoms with Crippen molar-refractivity contribution < 1.29 is 14.4 Å². The fraction of sp³-hybridized carbons (Fsp3) is 0.227. The van der Waals surface area contributed by atoms with E-state index in [1.807, 2.05) is 74.6 Å². The van der Waals surface area contributed by atoms with Gasteiger partial charge in [0.05, 0.1) is 29.1 Å². The van der Waals surface area contributed by atoms with Crippen molar-refractivity contribution in [1.82, 2.24) is 0 Å². The highest BCUT2D eigenvalue weighted by Crippen LogP contribution is 2.26. The molecule has 1 heterocycles. The summed E-state index contributed by atoms with van der Waals surface area (Å²) < 4.78 is 6.17. The molecule has 0 fully saturated rings. The normalized spacial score (nSPS) is 13.0. The van der Waals surface area contributed by atoms with Gasteiger partial charge in [-0.15, -0.1) is 11.3 Å². The van der Waals surface area contributed by atoms with Crippen LogP contribution in [0, 0.1) is 6.92 Å². The molecule has 0 aliphatic heterocycles. The van der Waals surface area contributed by atoms with E-state index in [0.717, 1.165) is 25.2 Å². The van der Waals surface area contributed by atoms with Gasteiger partial charge in [-0.3, -0.25) is 4.79 Å². The fourth-order valence-electron chi connectivity index (χ4n) is 3.25. The number of hydrogen-bond donors (Lipinski definition) is 2. The second kappa shape index (κ2) is 9.24. The van der Waals surface area contributed by atoms with Gasteiger partial charge in [0.1, 0.15) is 12.3 Å². The van der Waals surface area contributed by atoms with Crippen molar-refractivity contribution in [3.63, 3.8) is 0 Å². The van der Waals surface area contributed by atoms with Crippen molar-refractivity contribution in [2.45, 2.75) is 19.5 Å². The molecule has 2 aromatic carbocycles. The number of thiophene rings is 1. The van der Waals surface area contributed by atoms with E-state index in [1.54, 1.807) is 18.4 Å². The van der Waals surface area contributed by atoms with E-state index in [9.17, 15) is 4.79 Å². The minimum absolute atomic E-state index is 0.0738. The Bertz CT molecular complexity index is 943. The quantitative estimate of drug-likeness (QED) is 0.609. The Kier molecular flexibility index (Phi) is 6.73. The first-order valence-electron chi connectivity index (χ1n) is 9.05. The number of aryl methyl sites for hydroxylation is 1. The monoisotopic (exact) mass is 415 g/mol. The zero-order valence-electron chi connectivity index (χ0n) is 16.2. The number of ether oxygens (including phenoxy) is 1. The molecule has 2 atom stereocenters. The first-order chi connectivity index (χ1) is 13.5. The molecule has 0 aliphatic rings. The van der Waals surface area contributed by atoms with Crippen molar-refractivity contribution in [1.29, 1.82) is 0 Å². The summed E-state index contributed by atoms with van der Waals surface area (Å²) in [7, 11) is 3.63. The number of amides is 1. The summed E-state index contributed by atoms with van der Waals surface area (Å²) >= 11 is 7.62. The Morgan fingerprint density at radius 3 is 2.57 bits per heavy atom. The minimum Gasteiger partial charge on any atom is -0.495 e. The van der Waals surface area contributed by atoms with Crippen LogP contribution in [0.2, 0.25) is 4.34 Å². The van der Waals surface area contributed by atoms with Gasteiger partial charge in [-0.05, 0) is 36.8 Å². The Morgan fingerprint density at radius 1 is 1.18 bits per heavy atom. The molecule has 0 saturated heterocycles. The molecule has 28 heavy (non-hydrogen) atoms. The Morgan fingerprint density at radius 2 is 1.93 bits per heavy atom. The molecular weight excluding hydrogens is 392 g/mol. The minimum atomic E-state index is -0.368. The summed E-state index contributed by atoms with van der Waals surface area (Å²) in [6.07, 6.45) is 0. The predicted molar refractivity (Wildman–Crippen MR) is 115 cm³/mol. The number of likely N-dealkylation sites (N-methyl/N-ethyl adjacent to an activating group) is 1. The van der Waals surface area contributed by atoms with Crippen molar-refractivity contribution in [2.24, 2.45) is 0 Å². The molecule has 0 aliphatic carbocycles. The van der Waals surface area contributed by atoms with Gasteiger partial charge in [0.15, 0.2) is 6.04 Å². The van der Waals surface area contributed by atoms with E-state index < -0.39 is 0 Å². The van der Waals surface area contributed by atoms with E-state index in [2.05, 4.69) is 5.32 Å². The number of methoxy groups -OCH3 is 1. The maximum atomic E-state index is 13.3. The van der Waals surface area contributed by atoms with E-state index in [1.165, 1.54) is 0 Å². The average Bonchev–Trinajstić information content (AvgIpc) is 3.07. The van der Waals surface area contributed by atoms with Crippen LogP contribution in [0.15, 0.2) is 60.7 Å². The molecule has 0 radical (unpaired) electrons. The van der Waals surface area contributed by atoms with Gasteiger partial charge >= 0.3 is 0 Å². The van der Waals surface area contributed by atoms with Gasteiger partial charge in [-0.1, -0.05) is 48.0 Å². The van der Waals surface area contributed by atoms with Crippen molar-refractivity contribution >= 4 is 34.5 Å². The number of halogens is 1. The lowest BCUT2D eigenvalue weighted by Gasteiger charge is -2.24. The van der Waals surface area contributed by atoms with E-state index >= 15 is 0 Å². The van der Waals surface area contributed by atoms with Gasteiger partial charge in [0.25, 0.3) is 5.91 Å². The molecule has 1 aromatic heterocycles. The second-order valence-electron chi connectivity index (χ2n) is 6.77. The van der Waals surface area contributed by atoms with Gasteiger partial charge in [-0.2, -0.15) is 0 Å². The molecule has 3 rings (SSSR count). The summed E-state index contributed by atoms with van der Waals surface area (Å²) in [6, 6.07) is 19.1. The summed E-state index contributed by atoms with van der Waals surface area (Å²) in [5.41, 5.74) is 2.70. The van der Waals surface area contributed by atoms with Crippen LogP contribution < -0.4 is 15.0 Å². The number of carbonyl (C=O) groups excluding carboxylic acids is 1. The molecule has 6 heteroatoms. The van der Waals surface area contributed by atoms with Crippen LogP contribution in [-0.2, 0) is 11.3 Å². The molecule has 0 saturated carbocycles. The smallest absolute Gasteiger partial charge is 0.287 e. The van der Waals surface area contributed by atoms with Crippen molar-refractivity contribution in [3.05, 3.63) is 81.0 Å². The topological polar surface area (TPSA) is 42.8 Å². The maximum absolute atomic E-state index is 13.3. The summed E-state index contributed by atoms with van der Waals surface area (Å²) in [5.74, 6) is 0.573. The molecular formula is C22H24ClN2O2S+. The summed E-state index contributed by atoms with van der Waals surface area (Å²) in [6.45, 7) is 2.69. The SMILES string of the molecule is COc1ccc(C)cc1NC(=O)[C@@H](c1ccccc1)[NH+](C)Cc1ccc(Cl)s1. The molecule has 1 unspecified atom stereocenters. The molecule has 1 amide bonds. The number of rotatable bonds is 7. The van der Waals surface area contributed by atoms with Gasteiger partial charge in [0, 0.05) is 5.56 Å². The lowest BCUT2D eigenvalue weighted by Crippen LogP contribution is -3.09. The lowest BCUT2D eigenvalue weighted by atomic mass is 10.0. The second-order valence-corrected chi connectivity index (χ2v) is 8.57. The molecule has 0 bridgehead atoms. The first kappa shape index (κ1) is 20.4. The third kappa shape index (κ3) is 4.93. The molecule has 0 spiro atoms. The molecule has 146 valence electrons. The number of benzene rings is 2. The van der Waals surface area contributed by atoms with Gasteiger partial charge < -0.3 is 15.0 Å². The zero-order valence-corrected chi connectivity index (χ0v) is 17.7. The fourth-order valence-corrected chi connectivity index (χ4v) is 4.44. The van der Waals surface area contributed by atoms with Crippen molar-refractivity contribution in [2.75, 3.05) is 19.5 Å². The highest BCUT2D eigenvalue weighted by atomic mass is 35.5. The average molecular weight is 416 g/mol. The van der Waals surface area contributed by atoms with Crippen LogP contribution in [0.5, 0.6) is 5.75 Å². The van der Waals surface area contributed by atoms with Crippen LogP contribution >= 0.6 is 22.9 Å². The number of carbonyl (C=O) groups is 1. The van der Waals surface area contributed by atoms with Crippen molar-refractivity contribution in [3.8, 4) is 5.75 Å². The lowest BCUT2D eigenvalue weighted by molar-refractivity contribution is -0.915.